The minimum atomic E-state index is -1.86. The van der Waals surface area contributed by atoms with Crippen molar-refractivity contribution in [1.82, 2.24) is 10.6 Å². The lowest BCUT2D eigenvalue weighted by Crippen LogP contribution is -2.56. The largest absolute Gasteiger partial charge is 0.339 e. The third-order valence-corrected chi connectivity index (χ3v) is 4.50. The molecule has 6 nitrogen and oxygen atoms in total. The third kappa shape index (κ3) is 7.70. The molecule has 0 aromatic heterocycles. The van der Waals surface area contributed by atoms with Gasteiger partial charge in [0.15, 0.2) is 5.11 Å². The number of rotatable bonds is 5. The van der Waals surface area contributed by atoms with Crippen molar-refractivity contribution in [3.8, 4) is 0 Å². The highest BCUT2D eigenvalue weighted by molar-refractivity contribution is 7.80. The number of aryl methyl sites for hydroxylation is 1. The molecule has 10 heteroatoms. The molecular weight excluding hydrogens is 455 g/mol. The van der Waals surface area contributed by atoms with Gasteiger partial charge in [0.1, 0.15) is 6.17 Å². The molecule has 154 valence electrons. The van der Waals surface area contributed by atoms with E-state index in [9.17, 15) is 9.59 Å². The van der Waals surface area contributed by atoms with Crippen LogP contribution < -0.4 is 21.3 Å². The summed E-state index contributed by atoms with van der Waals surface area (Å²) in [5.74, 6) is -0.585. The van der Waals surface area contributed by atoms with E-state index in [1.54, 1.807) is 42.5 Å². The Kier molecular flexibility index (Phi) is 8.10. The predicted molar refractivity (Wildman–Crippen MR) is 123 cm³/mol. The molecule has 0 saturated carbocycles. The number of nitrogens with one attached hydrogen (secondary N) is 4. The number of carbonyl (C=O) groups excluding carboxylic acids is 2. The fourth-order valence-electron chi connectivity index (χ4n) is 2.34. The Balaban J connectivity index is 2.03. The Bertz CT molecular complexity index is 901. The van der Waals surface area contributed by atoms with Crippen LogP contribution in [0.15, 0.2) is 48.5 Å². The van der Waals surface area contributed by atoms with Gasteiger partial charge in [-0.2, -0.15) is 0 Å². The second kappa shape index (κ2) is 10.1. The zero-order chi connectivity index (χ0) is 21.6. The molecule has 0 bridgehead atoms. The first-order chi connectivity index (χ1) is 13.5. The standard InChI is InChI=1S/C19H19Cl3N4O2S/c1-11-4-3-5-13(10-11)16(28)25-17(19(20,21)22)26-18(29)24-15-8-6-14(7-9-15)23-12(2)27/h3-10,17H,1-2H3,(H,23,27)(H,25,28)(H2,24,26,29). The third-order valence-electron chi connectivity index (χ3n) is 3.62. The second-order valence-electron chi connectivity index (χ2n) is 6.17. The van der Waals surface area contributed by atoms with E-state index >= 15 is 0 Å². The van der Waals surface area contributed by atoms with Crippen LogP contribution in [0, 0.1) is 6.92 Å². The molecule has 2 aromatic rings. The molecule has 29 heavy (non-hydrogen) atoms. The average molecular weight is 474 g/mol. The van der Waals surface area contributed by atoms with E-state index in [4.69, 9.17) is 47.0 Å². The van der Waals surface area contributed by atoms with E-state index in [0.717, 1.165) is 5.56 Å². The average Bonchev–Trinajstić information content (AvgIpc) is 2.61. The number of amides is 2. The molecule has 0 aliphatic carbocycles. The van der Waals surface area contributed by atoms with Crippen molar-refractivity contribution in [1.29, 1.82) is 0 Å². The molecule has 0 spiro atoms. The summed E-state index contributed by atoms with van der Waals surface area (Å²) in [4.78, 5) is 23.6. The van der Waals surface area contributed by atoms with Gasteiger partial charge in [0.05, 0.1) is 0 Å². The van der Waals surface area contributed by atoms with Crippen LogP contribution in [0.1, 0.15) is 22.8 Å². The minimum Gasteiger partial charge on any atom is -0.339 e. The van der Waals surface area contributed by atoms with Gasteiger partial charge in [-0.25, -0.2) is 0 Å². The number of thiocarbonyl (C=S) groups is 1. The highest BCUT2D eigenvalue weighted by atomic mass is 35.6. The summed E-state index contributed by atoms with van der Waals surface area (Å²) in [7, 11) is 0. The van der Waals surface area contributed by atoms with Crippen LogP contribution in [0.25, 0.3) is 0 Å². The maximum absolute atomic E-state index is 12.5. The van der Waals surface area contributed by atoms with Crippen molar-refractivity contribution in [2.45, 2.75) is 23.8 Å². The van der Waals surface area contributed by atoms with E-state index in [1.165, 1.54) is 6.92 Å². The van der Waals surface area contributed by atoms with Crippen molar-refractivity contribution in [3.63, 3.8) is 0 Å². The first-order valence-corrected chi connectivity index (χ1v) is 9.98. The van der Waals surface area contributed by atoms with E-state index < -0.39 is 15.9 Å². The fourth-order valence-corrected chi connectivity index (χ4v) is 2.90. The van der Waals surface area contributed by atoms with Crippen molar-refractivity contribution in [3.05, 3.63) is 59.7 Å². The Morgan fingerprint density at radius 3 is 2.07 bits per heavy atom. The van der Waals surface area contributed by atoms with Crippen molar-refractivity contribution in [2.24, 2.45) is 0 Å². The van der Waals surface area contributed by atoms with Crippen molar-refractivity contribution in [2.75, 3.05) is 10.6 Å². The van der Waals surface area contributed by atoms with Gasteiger partial charge >= 0.3 is 0 Å². The molecule has 0 fully saturated rings. The van der Waals surface area contributed by atoms with Crippen LogP contribution in [0.5, 0.6) is 0 Å². The number of anilines is 2. The topological polar surface area (TPSA) is 82.3 Å². The van der Waals surface area contributed by atoms with Crippen molar-refractivity contribution >= 4 is 75.3 Å². The number of hydrogen-bond donors (Lipinski definition) is 4. The molecule has 1 unspecified atom stereocenters. The van der Waals surface area contributed by atoms with E-state index in [0.29, 0.717) is 16.9 Å². The molecule has 2 amide bonds. The molecule has 4 N–H and O–H groups in total. The molecule has 2 rings (SSSR count). The number of hydrogen-bond acceptors (Lipinski definition) is 3. The number of alkyl halides is 3. The lowest BCUT2D eigenvalue weighted by molar-refractivity contribution is -0.114. The van der Waals surface area contributed by atoms with Gasteiger partial charge < -0.3 is 21.3 Å². The Morgan fingerprint density at radius 2 is 1.55 bits per heavy atom. The molecule has 0 aliphatic heterocycles. The van der Waals surface area contributed by atoms with E-state index in [1.807, 2.05) is 13.0 Å². The molecule has 0 radical (unpaired) electrons. The summed E-state index contributed by atoms with van der Waals surface area (Å²) in [6.07, 6.45) is -1.08. The fraction of sp³-hybridized carbons (Fsp3) is 0.211. The van der Waals surface area contributed by atoms with Crippen LogP contribution in [0.3, 0.4) is 0 Å². The Labute approximate surface area is 189 Å². The lowest BCUT2D eigenvalue weighted by Gasteiger charge is -2.28. The molecule has 2 aromatic carbocycles. The van der Waals surface area contributed by atoms with Gasteiger partial charge in [0.2, 0.25) is 9.70 Å². The van der Waals surface area contributed by atoms with Crippen molar-refractivity contribution < 1.29 is 9.59 Å². The molecular formula is C19H19Cl3N4O2S. The van der Waals surface area contributed by atoms with Crippen LogP contribution in [-0.4, -0.2) is 26.9 Å². The van der Waals surface area contributed by atoms with E-state index in [2.05, 4.69) is 21.3 Å². The summed E-state index contributed by atoms with van der Waals surface area (Å²) in [6, 6.07) is 13.9. The monoisotopic (exact) mass is 472 g/mol. The lowest BCUT2D eigenvalue weighted by atomic mass is 10.1. The first kappa shape index (κ1) is 23.2. The normalized spacial score (nSPS) is 11.9. The zero-order valence-corrected chi connectivity index (χ0v) is 18.6. The van der Waals surface area contributed by atoms with Crippen LogP contribution >= 0.6 is 47.0 Å². The van der Waals surface area contributed by atoms with Crippen LogP contribution in [0.2, 0.25) is 0 Å². The first-order valence-electron chi connectivity index (χ1n) is 8.44. The summed E-state index contributed by atoms with van der Waals surface area (Å²) in [5, 5.41) is 11.1. The molecule has 0 saturated heterocycles. The summed E-state index contributed by atoms with van der Waals surface area (Å²) in [5.41, 5.74) is 2.64. The molecule has 1 atom stereocenters. The Morgan fingerprint density at radius 1 is 0.966 bits per heavy atom. The maximum Gasteiger partial charge on any atom is 0.252 e. The van der Waals surface area contributed by atoms with Gasteiger partial charge in [-0.3, -0.25) is 9.59 Å². The highest BCUT2D eigenvalue weighted by Gasteiger charge is 2.34. The molecule has 0 heterocycles. The number of benzene rings is 2. The maximum atomic E-state index is 12.5. The van der Waals surface area contributed by atoms with Crippen LogP contribution in [-0.2, 0) is 4.79 Å². The van der Waals surface area contributed by atoms with Gasteiger partial charge in [0.25, 0.3) is 5.91 Å². The Hall–Kier alpha value is -2.06. The van der Waals surface area contributed by atoms with E-state index in [-0.39, 0.29) is 11.0 Å². The summed E-state index contributed by atoms with van der Waals surface area (Å²) in [6.45, 7) is 3.30. The van der Waals surface area contributed by atoms with Crippen LogP contribution in [0.4, 0.5) is 11.4 Å². The molecule has 0 aliphatic rings. The van der Waals surface area contributed by atoms with Gasteiger partial charge in [-0.1, -0.05) is 52.5 Å². The predicted octanol–water partition coefficient (Wildman–Crippen LogP) is 4.37. The SMILES string of the molecule is CC(=O)Nc1ccc(NC(=S)NC(NC(=O)c2cccc(C)c2)C(Cl)(Cl)Cl)cc1. The second-order valence-corrected chi connectivity index (χ2v) is 8.95. The minimum absolute atomic E-state index is 0.137. The summed E-state index contributed by atoms with van der Waals surface area (Å²) < 4.78 is -1.86. The smallest absolute Gasteiger partial charge is 0.252 e. The van der Waals surface area contributed by atoms with Gasteiger partial charge in [-0.05, 0) is 55.5 Å². The zero-order valence-electron chi connectivity index (χ0n) is 15.6. The van der Waals surface area contributed by atoms with Gasteiger partial charge in [-0.15, -0.1) is 0 Å². The van der Waals surface area contributed by atoms with Gasteiger partial charge in [0, 0.05) is 23.9 Å². The summed E-state index contributed by atoms with van der Waals surface area (Å²) >= 11 is 23.3. The number of carbonyl (C=O) groups is 2. The number of halogens is 3. The highest BCUT2D eigenvalue weighted by Crippen LogP contribution is 2.29. The quantitative estimate of drug-likeness (QED) is 0.295.